The van der Waals surface area contributed by atoms with E-state index in [1.54, 1.807) is 13.0 Å². The Bertz CT molecular complexity index is 975. The first-order valence-corrected chi connectivity index (χ1v) is 8.48. The van der Waals surface area contributed by atoms with Gasteiger partial charge in [-0.25, -0.2) is 4.98 Å². The number of hydrogen-bond acceptors (Lipinski definition) is 4. The topological polar surface area (TPSA) is 92.7 Å². The molecule has 2 heterocycles. The lowest BCUT2D eigenvalue weighted by Gasteiger charge is -2.16. The van der Waals surface area contributed by atoms with Crippen LogP contribution in [0.25, 0.3) is 5.95 Å². The van der Waals surface area contributed by atoms with Crippen LogP contribution in [-0.2, 0) is 4.79 Å². The zero-order valence-corrected chi connectivity index (χ0v) is 15.0. The van der Waals surface area contributed by atoms with Crippen LogP contribution in [0.4, 0.5) is 5.82 Å². The summed E-state index contributed by atoms with van der Waals surface area (Å²) in [5.74, 6) is 0.334. The van der Waals surface area contributed by atoms with E-state index < -0.39 is 0 Å². The number of carbonyl (C=O) groups excluding carboxylic acids is 1. The van der Waals surface area contributed by atoms with Crippen molar-refractivity contribution in [1.82, 2.24) is 19.7 Å². The Kier molecular flexibility index (Phi) is 4.97. The Labute approximate surface area is 151 Å². The normalized spacial score (nSPS) is 12.0. The molecule has 3 rings (SSSR count). The highest BCUT2D eigenvalue weighted by molar-refractivity contribution is 5.95. The van der Waals surface area contributed by atoms with Gasteiger partial charge in [-0.1, -0.05) is 37.3 Å². The number of nitrogens with zero attached hydrogens (tertiary/aromatic N) is 3. The molecule has 26 heavy (non-hydrogen) atoms. The maximum absolute atomic E-state index is 12.8. The van der Waals surface area contributed by atoms with Gasteiger partial charge in [-0.3, -0.25) is 14.6 Å². The molecule has 1 aromatic carbocycles. The molecule has 0 saturated carbocycles. The summed E-state index contributed by atoms with van der Waals surface area (Å²) in [6.45, 7) is 5.52. The second kappa shape index (κ2) is 7.35. The minimum absolute atomic E-state index is 0.130. The van der Waals surface area contributed by atoms with Gasteiger partial charge in [-0.2, -0.15) is 9.78 Å². The largest absolute Gasteiger partial charge is 0.310 e. The number of H-pyrrole nitrogens is 1. The van der Waals surface area contributed by atoms with Crippen LogP contribution in [0, 0.1) is 13.8 Å². The quantitative estimate of drug-likeness (QED) is 0.739. The maximum Gasteiger partial charge on any atom is 0.252 e. The summed E-state index contributed by atoms with van der Waals surface area (Å²) in [6.07, 6.45) is 0.669. The van der Waals surface area contributed by atoms with Gasteiger partial charge in [0.2, 0.25) is 11.9 Å². The van der Waals surface area contributed by atoms with E-state index in [1.807, 2.05) is 44.2 Å². The highest BCUT2D eigenvalue weighted by atomic mass is 16.2. The number of amides is 1. The van der Waals surface area contributed by atoms with Crippen molar-refractivity contribution in [2.75, 3.05) is 5.32 Å². The zero-order valence-electron chi connectivity index (χ0n) is 15.0. The minimum atomic E-state index is -0.274. The van der Waals surface area contributed by atoms with Crippen LogP contribution >= 0.6 is 0 Å². The van der Waals surface area contributed by atoms with Crippen molar-refractivity contribution >= 4 is 11.7 Å². The third-order valence-corrected chi connectivity index (χ3v) is 4.07. The van der Waals surface area contributed by atoms with Gasteiger partial charge in [0.1, 0.15) is 5.82 Å². The Balaban J connectivity index is 1.93. The summed E-state index contributed by atoms with van der Waals surface area (Å²) in [5.41, 5.74) is 1.97. The van der Waals surface area contributed by atoms with Crippen molar-refractivity contribution < 1.29 is 4.79 Å². The van der Waals surface area contributed by atoms with E-state index in [1.165, 1.54) is 10.7 Å². The Morgan fingerprint density at radius 1 is 1.19 bits per heavy atom. The number of benzene rings is 1. The highest BCUT2D eigenvalue weighted by Crippen LogP contribution is 2.22. The number of aryl methyl sites for hydroxylation is 2. The molecule has 3 aromatic rings. The van der Waals surface area contributed by atoms with Crippen LogP contribution in [-0.4, -0.2) is 25.7 Å². The molecule has 1 amide bonds. The average molecular weight is 351 g/mol. The van der Waals surface area contributed by atoms with Crippen LogP contribution in [0.15, 0.2) is 47.3 Å². The van der Waals surface area contributed by atoms with Crippen LogP contribution in [0.5, 0.6) is 0 Å². The second-order valence-corrected chi connectivity index (χ2v) is 6.15. The number of rotatable bonds is 5. The fourth-order valence-electron chi connectivity index (χ4n) is 2.88. The van der Waals surface area contributed by atoms with Gasteiger partial charge in [0, 0.05) is 17.8 Å². The maximum atomic E-state index is 12.8. The Morgan fingerprint density at radius 2 is 1.92 bits per heavy atom. The number of carbonyl (C=O) groups is 1. The standard InChI is InChI=1S/C19H21N5O2/c1-4-15(14-8-6-5-7-9-14)18(26)21-16-10-13(3)23-24(16)19-20-12(2)11-17(25)22-19/h5-11,15H,4H2,1-3H3,(H,21,26)(H,20,22,25)/t15-/m0/s1. The highest BCUT2D eigenvalue weighted by Gasteiger charge is 2.21. The van der Waals surface area contributed by atoms with E-state index in [4.69, 9.17) is 0 Å². The van der Waals surface area contributed by atoms with Crippen molar-refractivity contribution in [2.24, 2.45) is 0 Å². The van der Waals surface area contributed by atoms with Crippen molar-refractivity contribution in [3.8, 4) is 5.95 Å². The lowest BCUT2D eigenvalue weighted by molar-refractivity contribution is -0.117. The number of nitrogens with one attached hydrogen (secondary N) is 2. The summed E-state index contributed by atoms with van der Waals surface area (Å²) >= 11 is 0. The molecule has 7 nitrogen and oxygen atoms in total. The molecule has 0 fully saturated rings. The summed E-state index contributed by atoms with van der Waals surface area (Å²) < 4.78 is 1.44. The van der Waals surface area contributed by atoms with Crippen molar-refractivity contribution in [3.05, 3.63) is 69.8 Å². The molecule has 0 bridgehead atoms. The SMILES string of the molecule is CC[C@H](C(=O)Nc1cc(C)nn1-c1nc(C)cc(=O)[nH]1)c1ccccc1. The Hall–Kier alpha value is -3.22. The lowest BCUT2D eigenvalue weighted by Crippen LogP contribution is -2.23. The molecule has 2 aromatic heterocycles. The molecule has 0 radical (unpaired) electrons. The lowest BCUT2D eigenvalue weighted by atomic mass is 9.96. The molecule has 0 aliphatic heterocycles. The summed E-state index contributed by atoms with van der Waals surface area (Å²) in [5, 5.41) is 7.26. The molecule has 0 saturated heterocycles. The van der Waals surface area contributed by atoms with Gasteiger partial charge in [-0.05, 0) is 25.8 Å². The van der Waals surface area contributed by atoms with E-state index in [0.717, 1.165) is 5.56 Å². The van der Waals surface area contributed by atoms with Gasteiger partial charge >= 0.3 is 0 Å². The predicted molar refractivity (Wildman–Crippen MR) is 99.6 cm³/mol. The van der Waals surface area contributed by atoms with Crippen LogP contribution in [0.3, 0.4) is 0 Å². The number of anilines is 1. The summed E-state index contributed by atoms with van der Waals surface area (Å²) in [7, 11) is 0. The number of aromatic nitrogens is 4. The fourth-order valence-corrected chi connectivity index (χ4v) is 2.88. The minimum Gasteiger partial charge on any atom is -0.310 e. The second-order valence-electron chi connectivity index (χ2n) is 6.15. The van der Waals surface area contributed by atoms with Crippen molar-refractivity contribution in [1.29, 1.82) is 0 Å². The molecule has 1 atom stereocenters. The molecule has 7 heteroatoms. The zero-order chi connectivity index (χ0) is 18.7. The van der Waals surface area contributed by atoms with Crippen LogP contribution < -0.4 is 10.9 Å². The molecular weight excluding hydrogens is 330 g/mol. The first-order chi connectivity index (χ1) is 12.5. The van der Waals surface area contributed by atoms with E-state index >= 15 is 0 Å². The van der Waals surface area contributed by atoms with E-state index in [9.17, 15) is 9.59 Å². The molecule has 0 spiro atoms. The number of hydrogen-bond donors (Lipinski definition) is 2. The smallest absolute Gasteiger partial charge is 0.252 e. The first kappa shape index (κ1) is 17.6. The molecule has 0 aliphatic carbocycles. The molecular formula is C19H21N5O2. The molecule has 0 aliphatic rings. The number of aromatic amines is 1. The van der Waals surface area contributed by atoms with E-state index in [-0.39, 0.29) is 23.3 Å². The Morgan fingerprint density at radius 3 is 2.58 bits per heavy atom. The first-order valence-electron chi connectivity index (χ1n) is 8.48. The molecule has 0 unspecified atom stereocenters. The van der Waals surface area contributed by atoms with Gasteiger partial charge in [0.05, 0.1) is 11.6 Å². The third kappa shape index (κ3) is 3.72. The van der Waals surface area contributed by atoms with Gasteiger partial charge in [0.25, 0.3) is 5.56 Å². The van der Waals surface area contributed by atoms with E-state index in [2.05, 4.69) is 20.4 Å². The third-order valence-electron chi connectivity index (χ3n) is 4.07. The molecule has 134 valence electrons. The molecule has 2 N–H and O–H groups in total. The average Bonchev–Trinajstić information content (AvgIpc) is 2.96. The summed E-state index contributed by atoms with van der Waals surface area (Å²) in [4.78, 5) is 31.5. The van der Waals surface area contributed by atoms with Crippen LogP contribution in [0.2, 0.25) is 0 Å². The van der Waals surface area contributed by atoms with E-state index in [0.29, 0.717) is 23.6 Å². The van der Waals surface area contributed by atoms with Crippen LogP contribution in [0.1, 0.15) is 36.2 Å². The van der Waals surface area contributed by atoms with Crippen molar-refractivity contribution in [3.63, 3.8) is 0 Å². The van der Waals surface area contributed by atoms with Gasteiger partial charge in [-0.15, -0.1) is 0 Å². The fraction of sp³-hybridized carbons (Fsp3) is 0.263. The monoisotopic (exact) mass is 351 g/mol. The van der Waals surface area contributed by atoms with Crippen molar-refractivity contribution in [2.45, 2.75) is 33.1 Å². The van der Waals surface area contributed by atoms with Gasteiger partial charge < -0.3 is 5.32 Å². The predicted octanol–water partition coefficient (Wildman–Crippen LogP) is 2.70. The summed E-state index contributed by atoms with van der Waals surface area (Å²) in [6, 6.07) is 12.8. The van der Waals surface area contributed by atoms with Gasteiger partial charge in [0.15, 0.2) is 0 Å².